The number of thiophene rings is 1. The number of likely N-dealkylation sites (N-methyl/N-ethyl adjacent to an activating group) is 1. The average molecular weight is 335 g/mol. The summed E-state index contributed by atoms with van der Waals surface area (Å²) < 4.78 is 1.13. The zero-order valence-corrected chi connectivity index (χ0v) is 13.1. The van der Waals surface area contributed by atoms with Crippen molar-refractivity contribution in [3.8, 4) is 6.07 Å². The maximum atomic E-state index is 9.32. The van der Waals surface area contributed by atoms with Crippen molar-refractivity contribution < 1.29 is 0 Å². The molecule has 0 amide bonds. The van der Waals surface area contributed by atoms with Crippen LogP contribution in [0.4, 0.5) is 0 Å². The molecule has 0 saturated heterocycles. The number of benzene rings is 1. The van der Waals surface area contributed by atoms with Crippen molar-refractivity contribution in [1.82, 2.24) is 4.90 Å². The molecule has 0 radical (unpaired) electrons. The molecule has 19 heavy (non-hydrogen) atoms. The largest absolute Gasteiger partial charge is 0.300 e. The lowest BCUT2D eigenvalue weighted by molar-refractivity contribution is 0.323. The fourth-order valence-corrected chi connectivity index (χ4v) is 3.52. The fourth-order valence-electron chi connectivity index (χ4n) is 1.99. The van der Waals surface area contributed by atoms with Crippen molar-refractivity contribution in [2.45, 2.75) is 12.5 Å². The third-order valence-electron chi connectivity index (χ3n) is 2.90. The van der Waals surface area contributed by atoms with Crippen molar-refractivity contribution in [3.05, 3.63) is 56.7 Å². The van der Waals surface area contributed by atoms with E-state index in [1.54, 1.807) is 11.3 Å². The SMILES string of the molecule is CN(Cc1cc(Br)cs1)CC(C#N)c1ccccc1. The normalized spacial score (nSPS) is 12.3. The monoisotopic (exact) mass is 334 g/mol. The third kappa shape index (κ3) is 4.17. The smallest absolute Gasteiger partial charge is 0.0839 e. The molecule has 0 spiro atoms. The molecule has 2 nitrogen and oxygen atoms in total. The van der Waals surface area contributed by atoms with Crippen LogP contribution < -0.4 is 0 Å². The number of hydrogen-bond acceptors (Lipinski definition) is 3. The Labute approximate surface area is 126 Å². The van der Waals surface area contributed by atoms with Gasteiger partial charge < -0.3 is 0 Å². The first-order chi connectivity index (χ1) is 9.19. The predicted molar refractivity (Wildman–Crippen MR) is 83.1 cm³/mol. The maximum absolute atomic E-state index is 9.32. The maximum Gasteiger partial charge on any atom is 0.0839 e. The van der Waals surface area contributed by atoms with Gasteiger partial charge in [0.05, 0.1) is 12.0 Å². The number of nitriles is 1. The van der Waals surface area contributed by atoms with Gasteiger partial charge in [0, 0.05) is 27.8 Å². The van der Waals surface area contributed by atoms with Gasteiger partial charge in [-0.2, -0.15) is 5.26 Å². The van der Waals surface area contributed by atoms with Crippen LogP contribution in [-0.4, -0.2) is 18.5 Å². The quantitative estimate of drug-likeness (QED) is 0.817. The van der Waals surface area contributed by atoms with Crippen LogP contribution in [-0.2, 0) is 6.54 Å². The molecular weight excluding hydrogens is 320 g/mol. The molecule has 2 rings (SSSR count). The summed E-state index contributed by atoms with van der Waals surface area (Å²) >= 11 is 5.20. The summed E-state index contributed by atoms with van der Waals surface area (Å²) in [6, 6.07) is 14.5. The Balaban J connectivity index is 1.97. The van der Waals surface area contributed by atoms with Gasteiger partial charge in [0.1, 0.15) is 0 Å². The molecule has 0 aliphatic carbocycles. The lowest BCUT2D eigenvalue weighted by Gasteiger charge is -2.19. The summed E-state index contributed by atoms with van der Waals surface area (Å²) in [7, 11) is 2.06. The van der Waals surface area contributed by atoms with Crippen LogP contribution in [0, 0.1) is 11.3 Å². The molecule has 0 N–H and O–H groups in total. The minimum atomic E-state index is -0.0744. The first-order valence-corrected chi connectivity index (χ1v) is 7.72. The Morgan fingerprint density at radius 3 is 2.68 bits per heavy atom. The van der Waals surface area contributed by atoms with Gasteiger partial charge in [0.15, 0.2) is 0 Å². The summed E-state index contributed by atoms with van der Waals surface area (Å²) in [5.74, 6) is -0.0744. The second kappa shape index (κ2) is 6.85. The van der Waals surface area contributed by atoms with Crippen LogP contribution in [0.3, 0.4) is 0 Å². The van der Waals surface area contributed by atoms with Gasteiger partial charge in [0.2, 0.25) is 0 Å². The lowest BCUT2D eigenvalue weighted by atomic mass is 10.0. The van der Waals surface area contributed by atoms with Crippen LogP contribution in [0.25, 0.3) is 0 Å². The fraction of sp³-hybridized carbons (Fsp3) is 0.267. The van der Waals surface area contributed by atoms with E-state index in [4.69, 9.17) is 0 Å². The van der Waals surface area contributed by atoms with Crippen molar-refractivity contribution in [2.24, 2.45) is 0 Å². The Bertz CT molecular complexity index is 559. The van der Waals surface area contributed by atoms with Gasteiger partial charge in [-0.3, -0.25) is 4.90 Å². The molecule has 0 aliphatic rings. The van der Waals surface area contributed by atoms with E-state index in [0.717, 1.165) is 23.1 Å². The van der Waals surface area contributed by atoms with E-state index in [0.29, 0.717) is 0 Å². The van der Waals surface area contributed by atoms with Crippen molar-refractivity contribution in [2.75, 3.05) is 13.6 Å². The first-order valence-electron chi connectivity index (χ1n) is 6.05. The third-order valence-corrected chi connectivity index (χ3v) is 4.58. The highest BCUT2D eigenvalue weighted by Gasteiger charge is 2.13. The zero-order chi connectivity index (χ0) is 13.7. The molecule has 0 aliphatic heterocycles. The Morgan fingerprint density at radius 2 is 2.11 bits per heavy atom. The van der Waals surface area contributed by atoms with Gasteiger partial charge in [-0.25, -0.2) is 0 Å². The first kappa shape index (κ1) is 14.3. The highest BCUT2D eigenvalue weighted by Crippen LogP contribution is 2.22. The Morgan fingerprint density at radius 1 is 1.37 bits per heavy atom. The van der Waals surface area contributed by atoms with Gasteiger partial charge >= 0.3 is 0 Å². The van der Waals surface area contributed by atoms with Crippen molar-refractivity contribution in [3.63, 3.8) is 0 Å². The Hall–Kier alpha value is -1.15. The molecule has 1 aromatic carbocycles. The van der Waals surface area contributed by atoms with Crippen LogP contribution in [0.2, 0.25) is 0 Å². The van der Waals surface area contributed by atoms with Crippen molar-refractivity contribution >= 4 is 27.3 Å². The molecule has 98 valence electrons. The van der Waals surface area contributed by atoms with E-state index in [1.165, 1.54) is 4.88 Å². The molecule has 1 aromatic heterocycles. The van der Waals surface area contributed by atoms with Crippen LogP contribution in [0.1, 0.15) is 16.4 Å². The average Bonchev–Trinajstić information content (AvgIpc) is 2.82. The van der Waals surface area contributed by atoms with Crippen molar-refractivity contribution in [1.29, 1.82) is 5.26 Å². The minimum absolute atomic E-state index is 0.0744. The molecular formula is C15H15BrN2S. The number of hydrogen-bond donors (Lipinski definition) is 0. The van der Waals surface area contributed by atoms with Crippen LogP contribution in [0.15, 0.2) is 46.3 Å². The van der Waals surface area contributed by atoms with E-state index >= 15 is 0 Å². The molecule has 0 saturated carbocycles. The molecule has 4 heteroatoms. The highest BCUT2D eigenvalue weighted by atomic mass is 79.9. The molecule has 2 aromatic rings. The standard InChI is InChI=1S/C15H15BrN2S/c1-18(10-15-7-14(16)11-19-15)9-13(8-17)12-5-3-2-4-6-12/h2-7,11,13H,9-10H2,1H3. The summed E-state index contributed by atoms with van der Waals surface area (Å²) in [6.07, 6.45) is 0. The topological polar surface area (TPSA) is 27.0 Å². The molecule has 1 unspecified atom stereocenters. The van der Waals surface area contributed by atoms with Crippen LogP contribution >= 0.6 is 27.3 Å². The molecule has 0 bridgehead atoms. The summed E-state index contributed by atoms with van der Waals surface area (Å²) in [5.41, 5.74) is 1.09. The van der Waals surface area contributed by atoms with E-state index < -0.39 is 0 Å². The molecule has 1 atom stereocenters. The Kier molecular flexibility index (Phi) is 5.15. The summed E-state index contributed by atoms with van der Waals surface area (Å²) in [6.45, 7) is 1.62. The predicted octanol–water partition coefficient (Wildman–Crippen LogP) is 4.25. The number of rotatable bonds is 5. The van der Waals surface area contributed by atoms with Crippen LogP contribution in [0.5, 0.6) is 0 Å². The molecule has 0 fully saturated rings. The second-order valence-electron chi connectivity index (χ2n) is 4.52. The second-order valence-corrected chi connectivity index (χ2v) is 6.43. The minimum Gasteiger partial charge on any atom is -0.300 e. The van der Waals surface area contributed by atoms with E-state index in [-0.39, 0.29) is 5.92 Å². The molecule has 1 heterocycles. The highest BCUT2D eigenvalue weighted by molar-refractivity contribution is 9.10. The van der Waals surface area contributed by atoms with Gasteiger partial charge in [0.25, 0.3) is 0 Å². The lowest BCUT2D eigenvalue weighted by Crippen LogP contribution is -2.23. The summed E-state index contributed by atoms with van der Waals surface area (Å²) in [4.78, 5) is 3.50. The van der Waals surface area contributed by atoms with Gasteiger partial charge in [-0.05, 0) is 34.6 Å². The number of nitrogens with zero attached hydrogens (tertiary/aromatic N) is 2. The summed E-state index contributed by atoms with van der Waals surface area (Å²) in [5, 5.41) is 11.4. The van der Waals surface area contributed by atoms with E-state index in [2.05, 4.69) is 45.4 Å². The zero-order valence-electron chi connectivity index (χ0n) is 10.7. The van der Waals surface area contributed by atoms with E-state index in [1.807, 2.05) is 30.3 Å². The van der Waals surface area contributed by atoms with E-state index in [9.17, 15) is 5.26 Å². The van der Waals surface area contributed by atoms with Gasteiger partial charge in [-0.1, -0.05) is 30.3 Å². The van der Waals surface area contributed by atoms with Gasteiger partial charge in [-0.15, -0.1) is 11.3 Å². The number of halogens is 1.